The molecular formula is C17H30N4O2. The van der Waals surface area contributed by atoms with E-state index in [9.17, 15) is 9.90 Å². The van der Waals surface area contributed by atoms with Crippen molar-refractivity contribution in [1.29, 1.82) is 0 Å². The Kier molecular flexibility index (Phi) is 5.34. The molecule has 2 atom stereocenters. The first-order valence-corrected chi connectivity index (χ1v) is 8.45. The molecule has 0 bridgehead atoms. The summed E-state index contributed by atoms with van der Waals surface area (Å²) >= 11 is 0. The number of carbonyl (C=O) groups is 1. The third-order valence-electron chi connectivity index (χ3n) is 4.50. The molecule has 2 amide bonds. The highest BCUT2D eigenvalue weighted by Gasteiger charge is 2.25. The number of amides is 2. The Labute approximate surface area is 138 Å². The third kappa shape index (κ3) is 4.25. The van der Waals surface area contributed by atoms with Gasteiger partial charge in [-0.05, 0) is 53.4 Å². The van der Waals surface area contributed by atoms with Crippen molar-refractivity contribution >= 4 is 6.03 Å². The maximum atomic E-state index is 12.5. The summed E-state index contributed by atoms with van der Waals surface area (Å²) in [6.45, 7) is 11.8. The second kappa shape index (κ2) is 6.91. The molecule has 0 unspecified atom stereocenters. The minimum Gasteiger partial charge on any atom is -0.396 e. The molecule has 23 heavy (non-hydrogen) atoms. The number of aliphatic hydroxyl groups excluding tert-OH is 1. The molecular weight excluding hydrogens is 292 g/mol. The van der Waals surface area contributed by atoms with Crippen LogP contribution >= 0.6 is 0 Å². The first-order valence-electron chi connectivity index (χ1n) is 8.45. The lowest BCUT2D eigenvalue weighted by atomic mass is 9.99. The van der Waals surface area contributed by atoms with Crippen LogP contribution in [0.15, 0.2) is 6.20 Å². The number of nitrogens with zero attached hydrogens (tertiary/aromatic N) is 3. The van der Waals surface area contributed by atoms with Gasteiger partial charge in [0, 0.05) is 31.5 Å². The molecule has 1 aromatic rings. The summed E-state index contributed by atoms with van der Waals surface area (Å²) in [5.41, 5.74) is 1.91. The van der Waals surface area contributed by atoms with Crippen LogP contribution in [-0.2, 0) is 5.54 Å². The molecule has 1 aliphatic heterocycles. The van der Waals surface area contributed by atoms with Crippen LogP contribution in [0.4, 0.5) is 4.79 Å². The molecule has 2 N–H and O–H groups in total. The fraction of sp³-hybridized carbons (Fsp3) is 0.765. The summed E-state index contributed by atoms with van der Waals surface area (Å²) in [4.78, 5) is 14.3. The molecule has 6 heteroatoms. The summed E-state index contributed by atoms with van der Waals surface area (Å²) in [6, 6.07) is -0.147. The summed E-state index contributed by atoms with van der Waals surface area (Å²) in [7, 11) is 0. The van der Waals surface area contributed by atoms with Crippen molar-refractivity contribution in [2.75, 3.05) is 19.7 Å². The van der Waals surface area contributed by atoms with Gasteiger partial charge in [0.1, 0.15) is 0 Å². The number of carbonyl (C=O) groups excluding carboxylic acids is 1. The Hall–Kier alpha value is -1.56. The molecule has 0 aliphatic carbocycles. The van der Waals surface area contributed by atoms with Gasteiger partial charge in [0.25, 0.3) is 0 Å². The van der Waals surface area contributed by atoms with E-state index in [-0.39, 0.29) is 30.1 Å². The maximum absolute atomic E-state index is 12.5. The number of piperidine rings is 1. The number of hydrogen-bond donors (Lipinski definition) is 2. The predicted molar refractivity (Wildman–Crippen MR) is 90.3 cm³/mol. The molecule has 0 radical (unpaired) electrons. The summed E-state index contributed by atoms with van der Waals surface area (Å²) in [5.74, 6) is 0.204. The fourth-order valence-corrected chi connectivity index (χ4v) is 2.99. The average molecular weight is 322 g/mol. The Balaban J connectivity index is 2.02. The first-order chi connectivity index (χ1) is 10.7. The van der Waals surface area contributed by atoms with Gasteiger partial charge in [0.15, 0.2) is 0 Å². The van der Waals surface area contributed by atoms with Crippen molar-refractivity contribution in [3.8, 4) is 0 Å². The molecule has 1 aromatic heterocycles. The summed E-state index contributed by atoms with van der Waals surface area (Å²) < 4.78 is 1.95. The van der Waals surface area contributed by atoms with Gasteiger partial charge in [0.2, 0.25) is 0 Å². The largest absolute Gasteiger partial charge is 0.396 e. The number of aliphatic hydroxyl groups is 1. The fourth-order valence-electron chi connectivity index (χ4n) is 2.99. The number of nitrogens with one attached hydrogen (secondary N) is 1. The maximum Gasteiger partial charge on any atom is 0.317 e. The van der Waals surface area contributed by atoms with Gasteiger partial charge >= 0.3 is 6.03 Å². The second-order valence-corrected chi connectivity index (χ2v) is 7.59. The number of aromatic nitrogens is 2. The highest BCUT2D eigenvalue weighted by atomic mass is 16.3. The standard InChI is InChI=1S/C17H30N4O2/c1-12(15-10-21(17(3,4)5)19-13(15)2)18-16(23)20-8-6-7-14(9-20)11-22/h10,12,14,22H,6-9,11H2,1-5H3,(H,18,23)/t12-,14+/m1/s1. The van der Waals surface area contributed by atoms with Gasteiger partial charge in [-0.25, -0.2) is 4.79 Å². The molecule has 0 saturated carbocycles. The number of likely N-dealkylation sites (tertiary alicyclic amines) is 1. The SMILES string of the molecule is Cc1nn(C(C)(C)C)cc1[C@@H](C)NC(=O)N1CCC[C@H](CO)C1. The minimum absolute atomic E-state index is 0.0569. The van der Waals surface area contributed by atoms with Crippen molar-refractivity contribution < 1.29 is 9.90 Å². The van der Waals surface area contributed by atoms with Crippen LogP contribution in [0.1, 0.15) is 57.8 Å². The lowest BCUT2D eigenvalue weighted by molar-refractivity contribution is 0.128. The lowest BCUT2D eigenvalue weighted by Gasteiger charge is -2.32. The number of hydrogen-bond acceptors (Lipinski definition) is 3. The van der Waals surface area contributed by atoms with Crippen molar-refractivity contribution in [3.63, 3.8) is 0 Å². The molecule has 2 heterocycles. The Morgan fingerprint density at radius 3 is 2.78 bits per heavy atom. The normalized spacial score (nSPS) is 20.4. The Bertz CT molecular complexity index is 547. The molecule has 1 fully saturated rings. The van der Waals surface area contributed by atoms with E-state index in [1.807, 2.05) is 29.6 Å². The molecule has 130 valence electrons. The molecule has 0 spiro atoms. The van der Waals surface area contributed by atoms with E-state index >= 15 is 0 Å². The van der Waals surface area contributed by atoms with E-state index in [2.05, 4.69) is 31.2 Å². The van der Waals surface area contributed by atoms with Crippen LogP contribution in [0.2, 0.25) is 0 Å². The van der Waals surface area contributed by atoms with Gasteiger partial charge in [-0.15, -0.1) is 0 Å². The molecule has 0 aromatic carbocycles. The first kappa shape index (κ1) is 17.8. The molecule has 2 rings (SSSR count). The van der Waals surface area contributed by atoms with Crippen LogP contribution in [0.5, 0.6) is 0 Å². The van der Waals surface area contributed by atoms with Crippen LogP contribution < -0.4 is 5.32 Å². The summed E-state index contributed by atoms with van der Waals surface area (Å²) in [6.07, 6.45) is 3.97. The van der Waals surface area contributed by atoms with Crippen LogP contribution in [0, 0.1) is 12.8 Å². The molecule has 6 nitrogen and oxygen atoms in total. The highest BCUT2D eigenvalue weighted by Crippen LogP contribution is 2.22. The lowest BCUT2D eigenvalue weighted by Crippen LogP contribution is -2.46. The average Bonchev–Trinajstić information content (AvgIpc) is 2.89. The van der Waals surface area contributed by atoms with Gasteiger partial charge in [0.05, 0.1) is 17.3 Å². The van der Waals surface area contributed by atoms with E-state index in [4.69, 9.17) is 0 Å². The van der Waals surface area contributed by atoms with E-state index in [1.165, 1.54) is 0 Å². The van der Waals surface area contributed by atoms with Crippen molar-refractivity contribution in [2.45, 2.75) is 59.0 Å². The molecule has 1 aliphatic rings. The quantitative estimate of drug-likeness (QED) is 0.898. The van der Waals surface area contributed by atoms with Gasteiger partial charge in [-0.1, -0.05) is 0 Å². The van der Waals surface area contributed by atoms with Crippen LogP contribution in [-0.4, -0.2) is 45.5 Å². The minimum atomic E-state index is -0.0897. The highest BCUT2D eigenvalue weighted by molar-refractivity contribution is 5.74. The van der Waals surface area contributed by atoms with Crippen LogP contribution in [0.25, 0.3) is 0 Å². The number of aryl methyl sites for hydroxylation is 1. The van der Waals surface area contributed by atoms with Gasteiger partial charge in [-0.2, -0.15) is 5.10 Å². The smallest absolute Gasteiger partial charge is 0.317 e. The van der Waals surface area contributed by atoms with Gasteiger partial charge < -0.3 is 15.3 Å². The topological polar surface area (TPSA) is 70.4 Å². The zero-order valence-electron chi connectivity index (χ0n) is 15.0. The predicted octanol–water partition coefficient (Wildman–Crippen LogP) is 2.42. The number of rotatable bonds is 3. The summed E-state index contributed by atoms with van der Waals surface area (Å²) in [5, 5.41) is 16.9. The monoisotopic (exact) mass is 322 g/mol. The zero-order chi connectivity index (χ0) is 17.2. The Morgan fingerprint density at radius 1 is 1.52 bits per heavy atom. The van der Waals surface area contributed by atoms with E-state index < -0.39 is 0 Å². The van der Waals surface area contributed by atoms with Crippen molar-refractivity contribution in [1.82, 2.24) is 20.0 Å². The van der Waals surface area contributed by atoms with Crippen LogP contribution in [0.3, 0.4) is 0 Å². The van der Waals surface area contributed by atoms with Crippen molar-refractivity contribution in [3.05, 3.63) is 17.5 Å². The van der Waals surface area contributed by atoms with Crippen molar-refractivity contribution in [2.24, 2.45) is 5.92 Å². The third-order valence-corrected chi connectivity index (χ3v) is 4.50. The Morgan fingerprint density at radius 2 is 2.22 bits per heavy atom. The zero-order valence-corrected chi connectivity index (χ0v) is 15.0. The van der Waals surface area contributed by atoms with E-state index in [0.717, 1.165) is 30.6 Å². The number of urea groups is 1. The van der Waals surface area contributed by atoms with E-state index in [0.29, 0.717) is 6.54 Å². The van der Waals surface area contributed by atoms with E-state index in [1.54, 1.807) is 0 Å². The molecule has 1 saturated heterocycles. The van der Waals surface area contributed by atoms with Gasteiger partial charge in [-0.3, -0.25) is 4.68 Å². The second-order valence-electron chi connectivity index (χ2n) is 7.59.